The van der Waals surface area contributed by atoms with Gasteiger partial charge in [-0.15, -0.1) is 0 Å². The molecule has 0 saturated heterocycles. The summed E-state index contributed by atoms with van der Waals surface area (Å²) in [6.07, 6.45) is 6.94. The summed E-state index contributed by atoms with van der Waals surface area (Å²) in [5, 5.41) is 3.03. The van der Waals surface area contributed by atoms with Crippen molar-refractivity contribution < 1.29 is 4.79 Å². The molecule has 1 aliphatic rings. The van der Waals surface area contributed by atoms with Gasteiger partial charge >= 0.3 is 0 Å². The molecule has 0 bridgehead atoms. The maximum absolute atomic E-state index is 12.0. The molecule has 112 valence electrons. The summed E-state index contributed by atoms with van der Waals surface area (Å²) >= 11 is 0. The molecule has 3 nitrogen and oxygen atoms in total. The monoisotopic (exact) mass is 284 g/mol. The molecular formula is C18H24N2O. The number of benzene rings is 1. The topological polar surface area (TPSA) is 55.1 Å². The average Bonchev–Trinajstić information content (AvgIpc) is 2.52. The molecule has 1 aromatic carbocycles. The van der Waals surface area contributed by atoms with Crippen molar-refractivity contribution in [3.05, 3.63) is 35.4 Å². The van der Waals surface area contributed by atoms with Crippen LogP contribution in [0.2, 0.25) is 0 Å². The summed E-state index contributed by atoms with van der Waals surface area (Å²) in [7, 11) is 0. The molecule has 0 unspecified atom stereocenters. The van der Waals surface area contributed by atoms with Crippen molar-refractivity contribution >= 4 is 5.91 Å². The van der Waals surface area contributed by atoms with Gasteiger partial charge in [-0.05, 0) is 30.4 Å². The zero-order chi connectivity index (χ0) is 14.9. The third kappa shape index (κ3) is 5.24. The molecule has 3 heteroatoms. The lowest BCUT2D eigenvalue weighted by molar-refractivity contribution is -0.122. The van der Waals surface area contributed by atoms with Crippen molar-refractivity contribution in [2.24, 2.45) is 11.7 Å². The molecule has 1 saturated carbocycles. The normalized spacial score (nSPS) is 15.1. The van der Waals surface area contributed by atoms with Gasteiger partial charge in [0, 0.05) is 18.5 Å². The summed E-state index contributed by atoms with van der Waals surface area (Å²) in [6.45, 7) is 0.892. The first-order valence-corrected chi connectivity index (χ1v) is 7.83. The molecule has 1 aliphatic carbocycles. The van der Waals surface area contributed by atoms with E-state index in [1.807, 2.05) is 24.3 Å². The lowest BCUT2D eigenvalue weighted by Crippen LogP contribution is -2.26. The number of rotatable bonds is 4. The Kier molecular flexibility index (Phi) is 6.30. The van der Waals surface area contributed by atoms with Crippen molar-refractivity contribution in [2.75, 3.05) is 6.54 Å². The minimum Gasteiger partial charge on any atom is -0.352 e. The molecule has 0 aromatic heterocycles. The van der Waals surface area contributed by atoms with E-state index in [-0.39, 0.29) is 5.91 Å². The third-order valence-corrected chi connectivity index (χ3v) is 4.02. The Bertz CT molecular complexity index is 522. The van der Waals surface area contributed by atoms with Crippen molar-refractivity contribution in [3.8, 4) is 11.8 Å². The van der Waals surface area contributed by atoms with Gasteiger partial charge in [-0.3, -0.25) is 4.79 Å². The van der Waals surface area contributed by atoms with Crippen LogP contribution in [-0.2, 0) is 11.3 Å². The van der Waals surface area contributed by atoms with Gasteiger partial charge < -0.3 is 11.1 Å². The number of carbonyl (C=O) groups excluding carboxylic acids is 1. The van der Waals surface area contributed by atoms with E-state index in [1.165, 1.54) is 32.1 Å². The molecule has 0 aliphatic heterocycles. The summed E-state index contributed by atoms with van der Waals surface area (Å²) in [6, 6.07) is 7.89. The van der Waals surface area contributed by atoms with Crippen molar-refractivity contribution in [2.45, 2.75) is 45.1 Å². The maximum atomic E-state index is 12.0. The van der Waals surface area contributed by atoms with Gasteiger partial charge in [0.1, 0.15) is 0 Å². The molecule has 1 fully saturated rings. The SMILES string of the molecule is NCC#Cc1ccccc1CNC(=O)CC1CCCCC1. The zero-order valence-electron chi connectivity index (χ0n) is 12.5. The molecule has 0 heterocycles. The van der Waals surface area contributed by atoms with E-state index in [4.69, 9.17) is 5.73 Å². The lowest BCUT2D eigenvalue weighted by Gasteiger charge is -2.20. The van der Waals surface area contributed by atoms with Gasteiger partial charge in [0.25, 0.3) is 0 Å². The Labute approximate surface area is 127 Å². The fourth-order valence-electron chi connectivity index (χ4n) is 2.86. The first kappa shape index (κ1) is 15.6. The van der Waals surface area contributed by atoms with E-state index in [1.54, 1.807) is 0 Å². The zero-order valence-corrected chi connectivity index (χ0v) is 12.5. The second-order valence-corrected chi connectivity index (χ2v) is 5.65. The van der Waals surface area contributed by atoms with Crippen LogP contribution in [0.1, 0.15) is 49.7 Å². The van der Waals surface area contributed by atoms with E-state index < -0.39 is 0 Å². The number of nitrogens with one attached hydrogen (secondary N) is 1. The maximum Gasteiger partial charge on any atom is 0.220 e. The summed E-state index contributed by atoms with van der Waals surface area (Å²) in [4.78, 5) is 12.0. The molecule has 21 heavy (non-hydrogen) atoms. The van der Waals surface area contributed by atoms with Gasteiger partial charge in [0.05, 0.1) is 6.54 Å². The van der Waals surface area contributed by atoms with Crippen LogP contribution < -0.4 is 11.1 Å². The molecule has 1 amide bonds. The number of amides is 1. The molecule has 0 radical (unpaired) electrons. The summed E-state index contributed by atoms with van der Waals surface area (Å²) in [5.74, 6) is 6.65. The van der Waals surface area contributed by atoms with Crippen LogP contribution in [0, 0.1) is 17.8 Å². The highest BCUT2D eigenvalue weighted by atomic mass is 16.1. The first-order chi connectivity index (χ1) is 10.3. The largest absolute Gasteiger partial charge is 0.352 e. The Balaban J connectivity index is 1.86. The molecule has 0 atom stereocenters. The minimum absolute atomic E-state index is 0.156. The van der Waals surface area contributed by atoms with Crippen LogP contribution in [0.25, 0.3) is 0 Å². The predicted octanol–water partition coefficient (Wildman–Crippen LogP) is 2.58. The summed E-state index contributed by atoms with van der Waals surface area (Å²) < 4.78 is 0. The van der Waals surface area contributed by atoms with Crippen LogP contribution in [0.5, 0.6) is 0 Å². The van der Waals surface area contributed by atoms with Crippen LogP contribution in [-0.4, -0.2) is 12.5 Å². The fourth-order valence-corrected chi connectivity index (χ4v) is 2.86. The Morgan fingerprint density at radius 1 is 1.24 bits per heavy atom. The van der Waals surface area contributed by atoms with Gasteiger partial charge in [-0.25, -0.2) is 0 Å². The van der Waals surface area contributed by atoms with Crippen molar-refractivity contribution in [1.82, 2.24) is 5.32 Å². The lowest BCUT2D eigenvalue weighted by atomic mass is 9.87. The molecule has 0 spiro atoms. The van der Waals surface area contributed by atoms with E-state index in [0.29, 0.717) is 25.4 Å². The average molecular weight is 284 g/mol. The van der Waals surface area contributed by atoms with Crippen molar-refractivity contribution in [3.63, 3.8) is 0 Å². The van der Waals surface area contributed by atoms with Gasteiger partial charge in [0.15, 0.2) is 0 Å². The standard InChI is InChI=1S/C18H24N2O/c19-12-6-11-16-9-4-5-10-17(16)14-20-18(21)13-15-7-2-1-3-8-15/h4-5,9-10,15H,1-3,7-8,12-14,19H2,(H,20,21). The number of hydrogen-bond acceptors (Lipinski definition) is 2. The van der Waals surface area contributed by atoms with E-state index in [0.717, 1.165) is 11.1 Å². The minimum atomic E-state index is 0.156. The van der Waals surface area contributed by atoms with Crippen molar-refractivity contribution in [1.29, 1.82) is 0 Å². The van der Waals surface area contributed by atoms with E-state index >= 15 is 0 Å². The van der Waals surface area contributed by atoms with E-state index in [9.17, 15) is 4.79 Å². The Morgan fingerprint density at radius 3 is 2.76 bits per heavy atom. The predicted molar refractivity (Wildman–Crippen MR) is 85.4 cm³/mol. The second kappa shape index (κ2) is 8.49. The Morgan fingerprint density at radius 2 is 2.00 bits per heavy atom. The Hall–Kier alpha value is -1.79. The van der Waals surface area contributed by atoms with Gasteiger partial charge in [-0.1, -0.05) is 49.3 Å². The fraction of sp³-hybridized carbons (Fsp3) is 0.500. The second-order valence-electron chi connectivity index (χ2n) is 5.65. The quantitative estimate of drug-likeness (QED) is 0.835. The van der Waals surface area contributed by atoms with Crippen LogP contribution in [0.3, 0.4) is 0 Å². The van der Waals surface area contributed by atoms with Crippen LogP contribution in [0.15, 0.2) is 24.3 Å². The number of carbonyl (C=O) groups is 1. The molecular weight excluding hydrogens is 260 g/mol. The summed E-state index contributed by atoms with van der Waals surface area (Å²) in [5.41, 5.74) is 7.41. The van der Waals surface area contributed by atoms with E-state index in [2.05, 4.69) is 17.2 Å². The third-order valence-electron chi connectivity index (χ3n) is 4.02. The number of hydrogen-bond donors (Lipinski definition) is 2. The highest BCUT2D eigenvalue weighted by Gasteiger charge is 2.16. The molecule has 2 rings (SSSR count). The van der Waals surface area contributed by atoms with Crippen LogP contribution >= 0.6 is 0 Å². The smallest absolute Gasteiger partial charge is 0.220 e. The molecule has 3 N–H and O–H groups in total. The first-order valence-electron chi connectivity index (χ1n) is 7.83. The highest BCUT2D eigenvalue weighted by Crippen LogP contribution is 2.26. The molecule has 1 aromatic rings. The number of nitrogens with two attached hydrogens (primary N) is 1. The van der Waals surface area contributed by atoms with Crippen LogP contribution in [0.4, 0.5) is 0 Å². The van der Waals surface area contributed by atoms with Gasteiger partial charge in [0.2, 0.25) is 5.91 Å². The van der Waals surface area contributed by atoms with Gasteiger partial charge in [-0.2, -0.15) is 0 Å². The highest BCUT2D eigenvalue weighted by molar-refractivity contribution is 5.76.